The number of aromatic amines is 1. The maximum Gasteiger partial charge on any atom is 0.490 e. The van der Waals surface area contributed by atoms with Crippen molar-refractivity contribution in [3.8, 4) is 0 Å². The first-order valence-corrected chi connectivity index (χ1v) is 9.13. The van der Waals surface area contributed by atoms with Crippen LogP contribution in [0.4, 0.5) is 13.2 Å². The van der Waals surface area contributed by atoms with Crippen molar-refractivity contribution in [2.45, 2.75) is 19.1 Å². The third-order valence-corrected chi connectivity index (χ3v) is 4.77. The number of H-pyrrole nitrogens is 1. The molecule has 3 rings (SSSR count). The first-order valence-electron chi connectivity index (χ1n) is 8.25. The average molecular weight is 403 g/mol. The van der Waals surface area contributed by atoms with E-state index in [2.05, 4.69) is 27.4 Å². The summed E-state index contributed by atoms with van der Waals surface area (Å²) in [7, 11) is 0. The maximum atomic E-state index is 12.3. The number of carbonyl (C=O) groups excluding carboxylic acids is 1. The van der Waals surface area contributed by atoms with Gasteiger partial charge in [0.05, 0.1) is 0 Å². The molecular weight excluding hydrogens is 383 g/mol. The average Bonchev–Trinajstić information content (AvgIpc) is 3.26. The number of hydrogen-bond acceptors (Lipinski definition) is 4. The van der Waals surface area contributed by atoms with Crippen LogP contribution in [0.3, 0.4) is 0 Å². The van der Waals surface area contributed by atoms with Gasteiger partial charge in [0.25, 0.3) is 5.91 Å². The lowest BCUT2D eigenvalue weighted by Gasteiger charge is -2.21. The number of rotatable bonds is 3. The first-order chi connectivity index (χ1) is 12.8. The summed E-state index contributed by atoms with van der Waals surface area (Å²) in [5, 5.41) is 9.24. The molecule has 3 heterocycles. The van der Waals surface area contributed by atoms with Crippen molar-refractivity contribution in [3.63, 3.8) is 0 Å². The lowest BCUT2D eigenvalue weighted by atomic mass is 10.3. The van der Waals surface area contributed by atoms with Crippen LogP contribution in [0.1, 0.15) is 21.8 Å². The Morgan fingerprint density at radius 2 is 1.89 bits per heavy atom. The fourth-order valence-electron chi connectivity index (χ4n) is 2.59. The summed E-state index contributed by atoms with van der Waals surface area (Å²) < 4.78 is 31.7. The van der Waals surface area contributed by atoms with E-state index in [0.717, 1.165) is 39.1 Å². The third kappa shape index (κ3) is 6.72. The van der Waals surface area contributed by atoms with E-state index in [9.17, 15) is 18.0 Å². The number of aliphatic carboxylic acids is 1. The van der Waals surface area contributed by atoms with Gasteiger partial charge in [0.15, 0.2) is 0 Å². The summed E-state index contributed by atoms with van der Waals surface area (Å²) in [5.74, 6) is -2.64. The van der Waals surface area contributed by atoms with Gasteiger partial charge in [-0.05, 0) is 30.0 Å². The number of carboxylic acid groups (broad SMARTS) is 1. The van der Waals surface area contributed by atoms with Crippen LogP contribution in [0.15, 0.2) is 35.8 Å². The fraction of sp³-hybridized carbons (Fsp3) is 0.412. The summed E-state index contributed by atoms with van der Waals surface area (Å²) in [5.41, 5.74) is 0.691. The van der Waals surface area contributed by atoms with Gasteiger partial charge >= 0.3 is 12.1 Å². The Morgan fingerprint density at radius 3 is 2.44 bits per heavy atom. The number of halogens is 3. The zero-order chi connectivity index (χ0) is 19.9. The molecule has 1 fully saturated rings. The molecule has 6 nitrogen and oxygen atoms in total. The van der Waals surface area contributed by atoms with Crippen LogP contribution in [0, 0.1) is 0 Å². The molecule has 2 aromatic rings. The highest BCUT2D eigenvalue weighted by atomic mass is 32.1. The Labute approximate surface area is 158 Å². The molecule has 1 saturated heterocycles. The van der Waals surface area contributed by atoms with E-state index in [4.69, 9.17) is 9.90 Å². The summed E-state index contributed by atoms with van der Waals surface area (Å²) in [6.07, 6.45) is -2.24. The molecule has 0 aliphatic carbocycles. The number of thiophene rings is 1. The molecule has 2 aromatic heterocycles. The standard InChI is InChI=1S/C15H19N3OS.C2HF3O2/c19-15(14-5-1-6-16-14)18-8-3-7-17(9-10-18)12-13-4-2-11-20-13;3-2(4,5)1(6)7/h1-2,4-6,11,16H,3,7-10,12H2;(H,6,7). The number of carboxylic acids is 1. The number of hydrogen-bond donors (Lipinski definition) is 2. The predicted molar refractivity (Wildman–Crippen MR) is 94.6 cm³/mol. The monoisotopic (exact) mass is 403 g/mol. The van der Waals surface area contributed by atoms with Gasteiger partial charge < -0.3 is 15.0 Å². The van der Waals surface area contributed by atoms with Crippen molar-refractivity contribution >= 4 is 23.2 Å². The van der Waals surface area contributed by atoms with E-state index in [0.29, 0.717) is 5.69 Å². The van der Waals surface area contributed by atoms with Gasteiger partial charge in [-0.1, -0.05) is 6.07 Å². The zero-order valence-electron chi connectivity index (χ0n) is 14.4. The lowest BCUT2D eigenvalue weighted by molar-refractivity contribution is -0.192. The summed E-state index contributed by atoms with van der Waals surface area (Å²) in [6.45, 7) is 4.67. The minimum atomic E-state index is -5.08. The van der Waals surface area contributed by atoms with E-state index < -0.39 is 12.1 Å². The molecule has 1 aliphatic rings. The number of nitrogens with zero attached hydrogens (tertiary/aromatic N) is 2. The SMILES string of the molecule is O=C(O)C(F)(F)F.O=C(c1ccc[nH]1)N1CCCN(Cc2cccs2)CC1. The van der Waals surface area contributed by atoms with Gasteiger partial charge in [0.1, 0.15) is 5.69 Å². The quantitative estimate of drug-likeness (QED) is 0.826. The maximum absolute atomic E-state index is 12.3. The molecule has 1 amide bonds. The second-order valence-electron chi connectivity index (χ2n) is 5.89. The first kappa shape index (κ1) is 21.0. The summed E-state index contributed by atoms with van der Waals surface area (Å²) >= 11 is 1.80. The predicted octanol–water partition coefficient (Wildman–Crippen LogP) is 3.06. The van der Waals surface area contributed by atoms with Crippen LogP contribution in [0.25, 0.3) is 0 Å². The largest absolute Gasteiger partial charge is 0.490 e. The van der Waals surface area contributed by atoms with E-state index in [1.165, 1.54) is 4.88 Å². The van der Waals surface area contributed by atoms with Crippen molar-refractivity contribution in [1.29, 1.82) is 0 Å². The normalized spacial score (nSPS) is 15.6. The topological polar surface area (TPSA) is 76.6 Å². The van der Waals surface area contributed by atoms with Gasteiger partial charge in [-0.15, -0.1) is 11.3 Å². The van der Waals surface area contributed by atoms with Crippen LogP contribution in [0.5, 0.6) is 0 Å². The van der Waals surface area contributed by atoms with Gasteiger partial charge in [0.2, 0.25) is 0 Å². The number of aromatic nitrogens is 1. The number of carbonyl (C=O) groups is 2. The summed E-state index contributed by atoms with van der Waals surface area (Å²) in [6, 6.07) is 7.99. The molecule has 0 atom stereocenters. The van der Waals surface area contributed by atoms with Gasteiger partial charge in [-0.3, -0.25) is 9.69 Å². The Morgan fingerprint density at radius 1 is 1.15 bits per heavy atom. The Kier molecular flexibility index (Phi) is 7.43. The van der Waals surface area contributed by atoms with Crippen molar-refractivity contribution in [2.24, 2.45) is 0 Å². The summed E-state index contributed by atoms with van der Waals surface area (Å²) in [4.78, 5) is 30.0. The Bertz CT molecular complexity index is 718. The minimum absolute atomic E-state index is 0.118. The molecule has 0 saturated carbocycles. The Balaban J connectivity index is 0.000000321. The van der Waals surface area contributed by atoms with Crippen LogP contribution in [0.2, 0.25) is 0 Å². The van der Waals surface area contributed by atoms with Crippen molar-refractivity contribution in [2.75, 3.05) is 26.2 Å². The van der Waals surface area contributed by atoms with Crippen LogP contribution in [-0.4, -0.2) is 64.1 Å². The smallest absolute Gasteiger partial charge is 0.475 e. The van der Waals surface area contributed by atoms with E-state index in [1.807, 2.05) is 17.0 Å². The van der Waals surface area contributed by atoms with Crippen molar-refractivity contribution < 1.29 is 27.9 Å². The van der Waals surface area contributed by atoms with Crippen molar-refractivity contribution in [3.05, 3.63) is 46.4 Å². The van der Waals surface area contributed by atoms with Gasteiger partial charge in [0, 0.05) is 43.8 Å². The molecular formula is C17H20F3N3O3S. The van der Waals surface area contributed by atoms with Crippen LogP contribution >= 0.6 is 11.3 Å². The molecule has 0 unspecified atom stereocenters. The van der Waals surface area contributed by atoms with Gasteiger partial charge in [-0.25, -0.2) is 4.79 Å². The Hall–Kier alpha value is -2.33. The molecule has 0 aromatic carbocycles. The highest BCUT2D eigenvalue weighted by molar-refractivity contribution is 7.09. The molecule has 0 spiro atoms. The minimum Gasteiger partial charge on any atom is -0.475 e. The fourth-order valence-corrected chi connectivity index (χ4v) is 3.33. The molecule has 1 aliphatic heterocycles. The van der Waals surface area contributed by atoms with Crippen LogP contribution in [-0.2, 0) is 11.3 Å². The highest BCUT2D eigenvalue weighted by Crippen LogP contribution is 2.15. The highest BCUT2D eigenvalue weighted by Gasteiger charge is 2.38. The van der Waals surface area contributed by atoms with Gasteiger partial charge in [-0.2, -0.15) is 13.2 Å². The molecule has 27 heavy (non-hydrogen) atoms. The zero-order valence-corrected chi connectivity index (χ0v) is 15.2. The van der Waals surface area contributed by atoms with Crippen molar-refractivity contribution in [1.82, 2.24) is 14.8 Å². The number of nitrogens with one attached hydrogen (secondary N) is 1. The molecule has 2 N–H and O–H groups in total. The third-order valence-electron chi connectivity index (χ3n) is 3.91. The molecule has 10 heteroatoms. The lowest BCUT2D eigenvalue weighted by Crippen LogP contribution is -2.35. The number of amides is 1. The van der Waals surface area contributed by atoms with E-state index in [1.54, 1.807) is 17.5 Å². The van der Waals surface area contributed by atoms with E-state index >= 15 is 0 Å². The molecule has 0 radical (unpaired) electrons. The second kappa shape index (κ2) is 9.56. The van der Waals surface area contributed by atoms with E-state index in [-0.39, 0.29) is 5.91 Å². The second-order valence-corrected chi connectivity index (χ2v) is 6.92. The van der Waals surface area contributed by atoms with Crippen LogP contribution < -0.4 is 0 Å². The molecule has 148 valence electrons. The number of alkyl halides is 3. The molecule has 0 bridgehead atoms.